The monoisotopic (exact) mass is 165 g/mol. The summed E-state index contributed by atoms with van der Waals surface area (Å²) in [5, 5.41) is 0. The van der Waals surface area contributed by atoms with Gasteiger partial charge in [-0.05, 0) is 25.5 Å². The normalized spacial score (nSPS) is 12.6. The molecule has 0 fully saturated rings. The largest absolute Gasteiger partial charge is 0.492 e. The maximum atomic E-state index is 5.57. The number of hydrogen-bond donors (Lipinski definition) is 1. The van der Waals surface area contributed by atoms with E-state index in [0.717, 1.165) is 11.3 Å². The summed E-state index contributed by atoms with van der Waals surface area (Å²) >= 11 is 0. The van der Waals surface area contributed by atoms with Gasteiger partial charge in [-0.15, -0.1) is 0 Å². The van der Waals surface area contributed by atoms with Crippen LogP contribution >= 0.6 is 0 Å². The molecule has 0 saturated carbocycles. The molecule has 0 radical (unpaired) electrons. The Balaban J connectivity index is 2.57. The summed E-state index contributed by atoms with van der Waals surface area (Å²) in [5.74, 6) is 0.926. The first-order valence-corrected chi connectivity index (χ1v) is 4.14. The molecule has 1 aromatic carbocycles. The number of ether oxygens (including phenoxy) is 1. The van der Waals surface area contributed by atoms with Gasteiger partial charge < -0.3 is 10.5 Å². The van der Waals surface area contributed by atoms with Crippen molar-refractivity contribution in [3.05, 3.63) is 29.8 Å². The molecule has 1 atom stereocenters. The summed E-state index contributed by atoms with van der Waals surface area (Å²) in [6.07, 6.45) is 0. The van der Waals surface area contributed by atoms with Gasteiger partial charge in [0.05, 0.1) is 0 Å². The molecular weight excluding hydrogens is 150 g/mol. The highest BCUT2D eigenvalue weighted by Gasteiger charge is 1.98. The van der Waals surface area contributed by atoms with Crippen molar-refractivity contribution in [2.45, 2.75) is 19.9 Å². The predicted molar refractivity (Wildman–Crippen MR) is 50.3 cm³/mol. The van der Waals surface area contributed by atoms with Gasteiger partial charge in [-0.25, -0.2) is 0 Å². The third-order valence-corrected chi connectivity index (χ3v) is 1.60. The Hall–Kier alpha value is -1.02. The summed E-state index contributed by atoms with van der Waals surface area (Å²) in [7, 11) is 0. The van der Waals surface area contributed by atoms with E-state index in [1.165, 1.54) is 0 Å². The molecule has 1 unspecified atom stereocenters. The Morgan fingerprint density at radius 1 is 1.42 bits per heavy atom. The number of hydrogen-bond acceptors (Lipinski definition) is 2. The quantitative estimate of drug-likeness (QED) is 0.740. The van der Waals surface area contributed by atoms with Crippen LogP contribution in [0.5, 0.6) is 5.75 Å². The molecule has 1 rings (SSSR count). The highest BCUT2D eigenvalue weighted by atomic mass is 16.5. The Morgan fingerprint density at radius 2 is 2.08 bits per heavy atom. The SMILES string of the molecule is Cc1ccccc1OCC(C)N. The Kier molecular flexibility index (Phi) is 3.11. The van der Waals surface area contributed by atoms with Crippen molar-refractivity contribution < 1.29 is 4.74 Å². The fourth-order valence-electron chi connectivity index (χ4n) is 0.940. The molecule has 1 aromatic rings. The second-order valence-corrected chi connectivity index (χ2v) is 3.05. The van der Waals surface area contributed by atoms with Crippen molar-refractivity contribution in [3.63, 3.8) is 0 Å². The van der Waals surface area contributed by atoms with Gasteiger partial charge >= 0.3 is 0 Å². The third kappa shape index (κ3) is 2.55. The van der Waals surface area contributed by atoms with Gasteiger partial charge in [0.15, 0.2) is 0 Å². The molecule has 0 saturated heterocycles. The summed E-state index contributed by atoms with van der Waals surface area (Å²) in [5.41, 5.74) is 6.72. The second kappa shape index (κ2) is 4.12. The number of aryl methyl sites for hydroxylation is 1. The van der Waals surface area contributed by atoms with Gasteiger partial charge in [-0.2, -0.15) is 0 Å². The van der Waals surface area contributed by atoms with Gasteiger partial charge in [0.1, 0.15) is 12.4 Å². The molecule has 0 amide bonds. The molecule has 0 aromatic heterocycles. The molecule has 0 bridgehead atoms. The Labute approximate surface area is 73.3 Å². The van der Waals surface area contributed by atoms with E-state index in [1.54, 1.807) is 0 Å². The molecule has 0 heterocycles. The minimum atomic E-state index is 0.0876. The molecule has 2 N–H and O–H groups in total. The van der Waals surface area contributed by atoms with E-state index in [4.69, 9.17) is 10.5 Å². The van der Waals surface area contributed by atoms with Crippen LogP contribution in [0.4, 0.5) is 0 Å². The van der Waals surface area contributed by atoms with Crippen LogP contribution in [0, 0.1) is 6.92 Å². The van der Waals surface area contributed by atoms with Crippen LogP contribution in [0.2, 0.25) is 0 Å². The lowest BCUT2D eigenvalue weighted by atomic mass is 10.2. The van der Waals surface area contributed by atoms with E-state index in [9.17, 15) is 0 Å². The minimum absolute atomic E-state index is 0.0876. The van der Waals surface area contributed by atoms with E-state index < -0.39 is 0 Å². The number of benzene rings is 1. The molecule has 0 aliphatic rings. The summed E-state index contributed by atoms with van der Waals surface area (Å²) in [6.45, 7) is 4.53. The highest BCUT2D eigenvalue weighted by molar-refractivity contribution is 5.31. The molecule has 66 valence electrons. The standard InChI is InChI=1S/C10H15NO/c1-8-5-3-4-6-10(8)12-7-9(2)11/h3-6,9H,7,11H2,1-2H3. The van der Waals surface area contributed by atoms with Crippen LogP contribution < -0.4 is 10.5 Å². The van der Waals surface area contributed by atoms with Crippen LogP contribution in [-0.2, 0) is 0 Å². The zero-order valence-corrected chi connectivity index (χ0v) is 7.58. The molecule has 12 heavy (non-hydrogen) atoms. The fourth-order valence-corrected chi connectivity index (χ4v) is 0.940. The first-order chi connectivity index (χ1) is 5.70. The molecule has 0 aliphatic heterocycles. The zero-order chi connectivity index (χ0) is 8.97. The third-order valence-electron chi connectivity index (χ3n) is 1.60. The van der Waals surface area contributed by atoms with Gasteiger partial charge in [0.2, 0.25) is 0 Å². The van der Waals surface area contributed by atoms with E-state index in [1.807, 2.05) is 38.1 Å². The highest BCUT2D eigenvalue weighted by Crippen LogP contribution is 2.15. The second-order valence-electron chi connectivity index (χ2n) is 3.05. The van der Waals surface area contributed by atoms with Gasteiger partial charge in [-0.3, -0.25) is 0 Å². The smallest absolute Gasteiger partial charge is 0.122 e. The lowest BCUT2D eigenvalue weighted by Gasteiger charge is -2.10. The molecular formula is C10H15NO. The minimum Gasteiger partial charge on any atom is -0.492 e. The first kappa shape index (κ1) is 9.07. The van der Waals surface area contributed by atoms with Crippen LogP contribution in [-0.4, -0.2) is 12.6 Å². The number of para-hydroxylation sites is 1. The molecule has 0 spiro atoms. The Bertz CT molecular complexity index is 245. The van der Waals surface area contributed by atoms with Crippen LogP contribution in [0.25, 0.3) is 0 Å². The van der Waals surface area contributed by atoms with E-state index in [2.05, 4.69) is 0 Å². The van der Waals surface area contributed by atoms with Gasteiger partial charge in [0.25, 0.3) is 0 Å². The summed E-state index contributed by atoms with van der Waals surface area (Å²) in [6, 6.07) is 8.02. The molecule has 2 heteroatoms. The number of nitrogens with two attached hydrogens (primary N) is 1. The van der Waals surface area contributed by atoms with Crippen molar-refractivity contribution in [1.29, 1.82) is 0 Å². The van der Waals surface area contributed by atoms with E-state index in [0.29, 0.717) is 6.61 Å². The molecule has 0 aliphatic carbocycles. The van der Waals surface area contributed by atoms with E-state index in [-0.39, 0.29) is 6.04 Å². The zero-order valence-electron chi connectivity index (χ0n) is 7.58. The van der Waals surface area contributed by atoms with Crippen molar-refractivity contribution >= 4 is 0 Å². The van der Waals surface area contributed by atoms with Crippen molar-refractivity contribution in [2.75, 3.05) is 6.61 Å². The van der Waals surface area contributed by atoms with E-state index >= 15 is 0 Å². The van der Waals surface area contributed by atoms with Crippen LogP contribution in [0.1, 0.15) is 12.5 Å². The van der Waals surface area contributed by atoms with Crippen molar-refractivity contribution in [3.8, 4) is 5.75 Å². The maximum Gasteiger partial charge on any atom is 0.122 e. The lowest BCUT2D eigenvalue weighted by Crippen LogP contribution is -2.23. The average molecular weight is 165 g/mol. The topological polar surface area (TPSA) is 35.2 Å². The molecule has 2 nitrogen and oxygen atoms in total. The van der Waals surface area contributed by atoms with Gasteiger partial charge in [0, 0.05) is 6.04 Å². The number of rotatable bonds is 3. The van der Waals surface area contributed by atoms with Crippen molar-refractivity contribution in [2.24, 2.45) is 5.73 Å². The lowest BCUT2D eigenvalue weighted by molar-refractivity contribution is 0.294. The van der Waals surface area contributed by atoms with Crippen LogP contribution in [0.15, 0.2) is 24.3 Å². The summed E-state index contributed by atoms with van der Waals surface area (Å²) < 4.78 is 5.47. The summed E-state index contributed by atoms with van der Waals surface area (Å²) in [4.78, 5) is 0. The fraction of sp³-hybridized carbons (Fsp3) is 0.400. The Morgan fingerprint density at radius 3 is 2.67 bits per heavy atom. The first-order valence-electron chi connectivity index (χ1n) is 4.14. The maximum absolute atomic E-state index is 5.57. The average Bonchev–Trinajstić information content (AvgIpc) is 2.03. The van der Waals surface area contributed by atoms with Gasteiger partial charge in [-0.1, -0.05) is 18.2 Å². The van der Waals surface area contributed by atoms with Crippen molar-refractivity contribution in [1.82, 2.24) is 0 Å². The van der Waals surface area contributed by atoms with Crippen LogP contribution in [0.3, 0.4) is 0 Å². The predicted octanol–water partition coefficient (Wildman–Crippen LogP) is 1.72.